The maximum absolute atomic E-state index is 11.6. The third kappa shape index (κ3) is 6.33. The van der Waals surface area contributed by atoms with Crippen molar-refractivity contribution in [3.63, 3.8) is 0 Å². The standard InChI is InChI=1S/C11H23N3O4S/c1-18-8-10(12)11(15)13-5-6-19(16,17)14-7-9-3-2-4-9/h9-10,14H,2-8,12H2,1H3,(H,13,15). The van der Waals surface area contributed by atoms with Crippen molar-refractivity contribution in [3.05, 3.63) is 0 Å². The molecule has 1 rings (SSSR count). The second kappa shape index (κ2) is 7.78. The molecular weight excluding hydrogens is 270 g/mol. The first-order valence-corrected chi connectivity index (χ1v) is 8.09. The maximum Gasteiger partial charge on any atom is 0.239 e. The third-order valence-corrected chi connectivity index (χ3v) is 4.52. The predicted molar refractivity (Wildman–Crippen MR) is 72.0 cm³/mol. The van der Waals surface area contributed by atoms with E-state index in [9.17, 15) is 13.2 Å². The van der Waals surface area contributed by atoms with Crippen LogP contribution >= 0.6 is 0 Å². The highest BCUT2D eigenvalue weighted by atomic mass is 32.2. The first-order chi connectivity index (χ1) is 8.94. The molecule has 19 heavy (non-hydrogen) atoms. The highest BCUT2D eigenvalue weighted by molar-refractivity contribution is 7.89. The number of carbonyl (C=O) groups is 1. The van der Waals surface area contributed by atoms with Gasteiger partial charge in [-0.2, -0.15) is 0 Å². The van der Waals surface area contributed by atoms with Crippen LogP contribution < -0.4 is 15.8 Å². The molecule has 0 spiro atoms. The molecule has 112 valence electrons. The summed E-state index contributed by atoms with van der Waals surface area (Å²) in [7, 11) is -1.88. The van der Waals surface area contributed by atoms with E-state index in [1.807, 2.05) is 0 Å². The Hall–Kier alpha value is -0.700. The van der Waals surface area contributed by atoms with E-state index in [0.29, 0.717) is 12.5 Å². The number of nitrogens with one attached hydrogen (secondary N) is 2. The molecule has 1 unspecified atom stereocenters. The van der Waals surface area contributed by atoms with Crippen LogP contribution in [0.5, 0.6) is 0 Å². The van der Waals surface area contributed by atoms with Crippen LogP contribution in [-0.2, 0) is 19.6 Å². The van der Waals surface area contributed by atoms with Crippen LogP contribution in [0.4, 0.5) is 0 Å². The molecule has 0 aliphatic heterocycles. The maximum atomic E-state index is 11.6. The third-order valence-electron chi connectivity index (χ3n) is 3.17. The van der Waals surface area contributed by atoms with Crippen molar-refractivity contribution in [1.82, 2.24) is 10.0 Å². The van der Waals surface area contributed by atoms with Crippen molar-refractivity contribution in [1.29, 1.82) is 0 Å². The predicted octanol–water partition coefficient (Wildman–Crippen LogP) is -1.20. The molecule has 0 saturated heterocycles. The summed E-state index contributed by atoms with van der Waals surface area (Å²) in [5, 5.41) is 2.48. The van der Waals surface area contributed by atoms with E-state index in [4.69, 9.17) is 10.5 Å². The Labute approximate surface area is 114 Å². The second-order valence-corrected chi connectivity index (χ2v) is 6.74. The fourth-order valence-electron chi connectivity index (χ4n) is 1.71. The highest BCUT2D eigenvalue weighted by Gasteiger charge is 2.20. The quantitative estimate of drug-likeness (QED) is 0.494. The van der Waals surface area contributed by atoms with Crippen LogP contribution in [0, 0.1) is 5.92 Å². The lowest BCUT2D eigenvalue weighted by Crippen LogP contribution is -2.45. The van der Waals surface area contributed by atoms with Crippen molar-refractivity contribution in [3.8, 4) is 0 Å². The van der Waals surface area contributed by atoms with Gasteiger partial charge in [0.1, 0.15) is 6.04 Å². The van der Waals surface area contributed by atoms with Gasteiger partial charge in [0.2, 0.25) is 15.9 Å². The van der Waals surface area contributed by atoms with Gasteiger partial charge in [-0.05, 0) is 18.8 Å². The number of nitrogens with two attached hydrogens (primary N) is 1. The number of ether oxygens (including phenoxy) is 1. The van der Waals surface area contributed by atoms with Gasteiger partial charge in [0.05, 0.1) is 12.4 Å². The van der Waals surface area contributed by atoms with Gasteiger partial charge >= 0.3 is 0 Å². The zero-order chi connectivity index (χ0) is 14.3. The molecule has 0 bridgehead atoms. The summed E-state index contributed by atoms with van der Waals surface area (Å²) >= 11 is 0. The first-order valence-electron chi connectivity index (χ1n) is 6.44. The van der Waals surface area contributed by atoms with Crippen LogP contribution in [0.2, 0.25) is 0 Å². The fourth-order valence-corrected chi connectivity index (χ4v) is 2.71. The summed E-state index contributed by atoms with van der Waals surface area (Å²) in [6.45, 7) is 0.661. The van der Waals surface area contributed by atoms with E-state index in [0.717, 1.165) is 12.8 Å². The second-order valence-electron chi connectivity index (χ2n) is 4.82. The minimum Gasteiger partial charge on any atom is -0.383 e. The number of sulfonamides is 1. The zero-order valence-corrected chi connectivity index (χ0v) is 12.0. The number of amides is 1. The minimum atomic E-state index is -3.32. The molecule has 0 aromatic rings. The summed E-state index contributed by atoms with van der Waals surface area (Å²) in [6, 6.07) is -0.768. The Bertz CT molecular complexity index is 381. The summed E-state index contributed by atoms with van der Waals surface area (Å²) in [5.74, 6) is -0.0685. The molecule has 1 saturated carbocycles. The first kappa shape index (κ1) is 16.4. The lowest BCUT2D eigenvalue weighted by atomic mass is 9.86. The Morgan fingerprint density at radius 1 is 1.47 bits per heavy atom. The van der Waals surface area contributed by atoms with Gasteiger partial charge in [0, 0.05) is 20.2 Å². The van der Waals surface area contributed by atoms with Gasteiger partial charge < -0.3 is 15.8 Å². The van der Waals surface area contributed by atoms with Gasteiger partial charge in [-0.25, -0.2) is 13.1 Å². The topological polar surface area (TPSA) is 111 Å². The van der Waals surface area contributed by atoms with Crippen molar-refractivity contribution >= 4 is 15.9 Å². The molecule has 1 fully saturated rings. The van der Waals surface area contributed by atoms with Crippen molar-refractivity contribution in [2.75, 3.05) is 32.6 Å². The lowest BCUT2D eigenvalue weighted by Gasteiger charge is -2.25. The number of methoxy groups -OCH3 is 1. The van der Waals surface area contributed by atoms with E-state index in [-0.39, 0.29) is 18.9 Å². The van der Waals surface area contributed by atoms with E-state index in [1.54, 1.807) is 0 Å². The Morgan fingerprint density at radius 2 is 2.16 bits per heavy atom. The Kier molecular flexibility index (Phi) is 6.70. The summed E-state index contributed by atoms with van der Waals surface area (Å²) < 4.78 is 30.6. The monoisotopic (exact) mass is 293 g/mol. The van der Waals surface area contributed by atoms with Gasteiger partial charge in [-0.3, -0.25) is 4.79 Å². The molecule has 1 amide bonds. The zero-order valence-electron chi connectivity index (χ0n) is 11.2. The SMILES string of the molecule is COCC(N)C(=O)NCCS(=O)(=O)NCC1CCC1. The van der Waals surface area contributed by atoms with Crippen LogP contribution in [0.15, 0.2) is 0 Å². The lowest BCUT2D eigenvalue weighted by molar-refractivity contribution is -0.123. The van der Waals surface area contributed by atoms with Crippen molar-refractivity contribution < 1.29 is 17.9 Å². The Morgan fingerprint density at radius 3 is 2.68 bits per heavy atom. The highest BCUT2D eigenvalue weighted by Crippen LogP contribution is 2.25. The molecule has 1 aliphatic rings. The summed E-state index contributed by atoms with van der Waals surface area (Å²) in [5.41, 5.74) is 5.50. The molecule has 1 aliphatic carbocycles. The molecule has 0 aromatic carbocycles. The summed E-state index contributed by atoms with van der Waals surface area (Å²) in [6.07, 6.45) is 3.36. The van der Waals surface area contributed by atoms with Crippen LogP contribution in [-0.4, -0.2) is 52.9 Å². The van der Waals surface area contributed by atoms with Crippen molar-refractivity contribution in [2.45, 2.75) is 25.3 Å². The van der Waals surface area contributed by atoms with E-state index in [1.165, 1.54) is 13.5 Å². The average molecular weight is 293 g/mol. The largest absolute Gasteiger partial charge is 0.383 e. The van der Waals surface area contributed by atoms with E-state index in [2.05, 4.69) is 10.0 Å². The normalized spacial score (nSPS) is 17.8. The number of carbonyl (C=O) groups excluding carboxylic acids is 1. The van der Waals surface area contributed by atoms with Crippen LogP contribution in [0.1, 0.15) is 19.3 Å². The number of rotatable bonds is 9. The minimum absolute atomic E-state index is 0.0518. The van der Waals surface area contributed by atoms with E-state index < -0.39 is 22.0 Å². The number of hydrogen-bond acceptors (Lipinski definition) is 5. The molecule has 4 N–H and O–H groups in total. The van der Waals surface area contributed by atoms with Crippen LogP contribution in [0.25, 0.3) is 0 Å². The van der Waals surface area contributed by atoms with E-state index >= 15 is 0 Å². The Balaban J connectivity index is 2.17. The molecule has 7 nitrogen and oxygen atoms in total. The van der Waals surface area contributed by atoms with Gasteiger partial charge in [0.25, 0.3) is 0 Å². The summed E-state index contributed by atoms with van der Waals surface area (Å²) in [4.78, 5) is 11.4. The van der Waals surface area contributed by atoms with Crippen LogP contribution in [0.3, 0.4) is 0 Å². The molecular formula is C11H23N3O4S. The molecule has 8 heteroatoms. The smallest absolute Gasteiger partial charge is 0.239 e. The molecule has 1 atom stereocenters. The van der Waals surface area contributed by atoms with Crippen molar-refractivity contribution in [2.24, 2.45) is 11.7 Å². The molecule has 0 radical (unpaired) electrons. The average Bonchev–Trinajstić information content (AvgIpc) is 2.26. The van der Waals surface area contributed by atoms with Gasteiger partial charge in [-0.15, -0.1) is 0 Å². The van der Waals surface area contributed by atoms with Gasteiger partial charge in [-0.1, -0.05) is 6.42 Å². The fraction of sp³-hybridized carbons (Fsp3) is 0.909. The number of hydrogen-bond donors (Lipinski definition) is 3. The molecule has 0 heterocycles. The molecule has 0 aromatic heterocycles. The van der Waals surface area contributed by atoms with Gasteiger partial charge in [0.15, 0.2) is 0 Å².